The predicted molar refractivity (Wildman–Crippen MR) is 82.7 cm³/mol. The Bertz CT molecular complexity index is 338. The minimum absolute atomic E-state index is 0.576. The number of aryl methyl sites for hydroxylation is 2. The molecule has 1 N–H and O–H groups in total. The molecule has 0 amide bonds. The van der Waals surface area contributed by atoms with E-state index in [9.17, 15) is 0 Å². The van der Waals surface area contributed by atoms with Crippen LogP contribution in [0.1, 0.15) is 44.2 Å². The fraction of sp³-hybridized carbons (Fsp3) is 0.647. The predicted octanol–water partition coefficient (Wildman–Crippen LogP) is 3.72. The van der Waals surface area contributed by atoms with Gasteiger partial charge in [0, 0.05) is 19.3 Å². The molecule has 108 valence electrons. The highest BCUT2D eigenvalue weighted by molar-refractivity contribution is 5.22. The van der Waals surface area contributed by atoms with E-state index in [0.29, 0.717) is 6.04 Å². The molecule has 0 saturated carbocycles. The summed E-state index contributed by atoms with van der Waals surface area (Å²) in [7, 11) is 0. The fourth-order valence-electron chi connectivity index (χ4n) is 2.12. The van der Waals surface area contributed by atoms with Gasteiger partial charge in [-0.2, -0.15) is 0 Å². The summed E-state index contributed by atoms with van der Waals surface area (Å²) < 4.78 is 5.47. The number of ether oxygens (including phenoxy) is 1. The highest BCUT2D eigenvalue weighted by Crippen LogP contribution is 2.08. The maximum absolute atomic E-state index is 5.47. The minimum atomic E-state index is 0.576. The van der Waals surface area contributed by atoms with Crippen molar-refractivity contribution in [2.45, 2.75) is 52.5 Å². The Kier molecular flexibility index (Phi) is 8.52. The summed E-state index contributed by atoms with van der Waals surface area (Å²) in [6.45, 7) is 9.39. The van der Waals surface area contributed by atoms with Gasteiger partial charge in [-0.15, -0.1) is 0 Å². The first-order chi connectivity index (χ1) is 9.22. The summed E-state index contributed by atoms with van der Waals surface area (Å²) in [4.78, 5) is 0. The molecular formula is C17H29NO. The second-order valence-corrected chi connectivity index (χ2v) is 5.35. The van der Waals surface area contributed by atoms with Crippen LogP contribution in [0.3, 0.4) is 0 Å². The summed E-state index contributed by atoms with van der Waals surface area (Å²) in [6.07, 6.45) is 4.57. The molecule has 1 aromatic rings. The minimum Gasteiger partial charge on any atom is -0.381 e. The van der Waals surface area contributed by atoms with Crippen LogP contribution in [0.25, 0.3) is 0 Å². The molecule has 0 radical (unpaired) electrons. The van der Waals surface area contributed by atoms with Gasteiger partial charge in [0.15, 0.2) is 0 Å². The van der Waals surface area contributed by atoms with Gasteiger partial charge in [-0.25, -0.2) is 0 Å². The molecule has 0 spiro atoms. The molecule has 0 bridgehead atoms. The summed E-state index contributed by atoms with van der Waals surface area (Å²) in [5.74, 6) is 0. The first kappa shape index (κ1) is 16.2. The van der Waals surface area contributed by atoms with Gasteiger partial charge in [0.05, 0.1) is 0 Å². The Hall–Kier alpha value is -0.860. The van der Waals surface area contributed by atoms with Crippen molar-refractivity contribution in [2.24, 2.45) is 0 Å². The van der Waals surface area contributed by atoms with E-state index in [1.807, 2.05) is 0 Å². The van der Waals surface area contributed by atoms with Crippen molar-refractivity contribution < 1.29 is 4.74 Å². The molecule has 1 aromatic carbocycles. The highest BCUT2D eigenvalue weighted by Gasteiger charge is 2.02. The molecular weight excluding hydrogens is 234 g/mol. The average molecular weight is 263 g/mol. The van der Waals surface area contributed by atoms with Crippen LogP contribution in [0.5, 0.6) is 0 Å². The van der Waals surface area contributed by atoms with E-state index in [1.165, 1.54) is 17.5 Å². The highest BCUT2D eigenvalue weighted by atomic mass is 16.5. The lowest BCUT2D eigenvalue weighted by molar-refractivity contribution is 0.131. The molecule has 0 aliphatic carbocycles. The molecule has 0 heterocycles. The third-order valence-electron chi connectivity index (χ3n) is 3.26. The molecule has 1 rings (SSSR count). The van der Waals surface area contributed by atoms with Crippen LogP contribution in [0.15, 0.2) is 24.3 Å². The maximum Gasteiger partial charge on any atom is 0.0478 e. The van der Waals surface area contributed by atoms with Crippen molar-refractivity contribution in [2.75, 3.05) is 19.8 Å². The van der Waals surface area contributed by atoms with Gasteiger partial charge in [-0.05, 0) is 51.6 Å². The first-order valence-corrected chi connectivity index (χ1v) is 7.59. The first-order valence-electron chi connectivity index (χ1n) is 7.59. The molecule has 0 aliphatic heterocycles. The average Bonchev–Trinajstić information content (AvgIpc) is 2.40. The van der Waals surface area contributed by atoms with Gasteiger partial charge in [0.1, 0.15) is 0 Å². The summed E-state index contributed by atoms with van der Waals surface area (Å²) in [6, 6.07) is 9.38. The number of rotatable bonds is 10. The lowest BCUT2D eigenvalue weighted by Gasteiger charge is -2.14. The van der Waals surface area contributed by atoms with E-state index < -0.39 is 0 Å². The van der Waals surface area contributed by atoms with Crippen LogP contribution < -0.4 is 5.32 Å². The molecule has 0 aromatic heterocycles. The maximum atomic E-state index is 5.47. The Morgan fingerprint density at radius 3 is 2.84 bits per heavy atom. The molecule has 1 unspecified atom stereocenters. The van der Waals surface area contributed by atoms with Crippen LogP contribution in [0.2, 0.25) is 0 Å². The van der Waals surface area contributed by atoms with Crippen molar-refractivity contribution in [3.8, 4) is 0 Å². The van der Waals surface area contributed by atoms with Crippen LogP contribution >= 0.6 is 0 Å². The number of benzene rings is 1. The summed E-state index contributed by atoms with van der Waals surface area (Å²) in [5.41, 5.74) is 2.80. The summed E-state index contributed by atoms with van der Waals surface area (Å²) >= 11 is 0. The van der Waals surface area contributed by atoms with Crippen LogP contribution in [0, 0.1) is 6.92 Å². The van der Waals surface area contributed by atoms with Gasteiger partial charge in [0.2, 0.25) is 0 Å². The Labute approximate surface area is 118 Å². The molecule has 0 fully saturated rings. The smallest absolute Gasteiger partial charge is 0.0478 e. The third-order valence-corrected chi connectivity index (χ3v) is 3.26. The van der Waals surface area contributed by atoms with Gasteiger partial charge in [0.25, 0.3) is 0 Å². The standard InChI is InChI=1S/C17H29NO/c1-4-12-19-13-6-11-18-16(3)9-10-17-8-5-7-15(2)14-17/h5,7-8,14,16,18H,4,6,9-13H2,1-3H3. The largest absolute Gasteiger partial charge is 0.381 e. The van der Waals surface area contributed by atoms with E-state index in [2.05, 4.69) is 50.4 Å². The number of hydrogen-bond donors (Lipinski definition) is 1. The SMILES string of the molecule is CCCOCCCNC(C)CCc1cccc(C)c1. The lowest BCUT2D eigenvalue weighted by Crippen LogP contribution is -2.28. The van der Waals surface area contributed by atoms with Crippen molar-refractivity contribution in [3.63, 3.8) is 0 Å². The Morgan fingerprint density at radius 2 is 2.11 bits per heavy atom. The van der Waals surface area contributed by atoms with Crippen molar-refractivity contribution in [3.05, 3.63) is 35.4 Å². The van der Waals surface area contributed by atoms with E-state index >= 15 is 0 Å². The van der Waals surface area contributed by atoms with Crippen LogP contribution in [0.4, 0.5) is 0 Å². The van der Waals surface area contributed by atoms with Crippen LogP contribution in [-0.2, 0) is 11.2 Å². The summed E-state index contributed by atoms with van der Waals surface area (Å²) in [5, 5.41) is 3.56. The normalized spacial score (nSPS) is 12.6. The van der Waals surface area contributed by atoms with E-state index in [0.717, 1.165) is 39.0 Å². The molecule has 2 nitrogen and oxygen atoms in total. The fourth-order valence-corrected chi connectivity index (χ4v) is 2.12. The zero-order valence-corrected chi connectivity index (χ0v) is 12.7. The van der Waals surface area contributed by atoms with E-state index in [4.69, 9.17) is 4.74 Å². The van der Waals surface area contributed by atoms with E-state index in [-0.39, 0.29) is 0 Å². The van der Waals surface area contributed by atoms with Gasteiger partial charge in [-0.1, -0.05) is 36.8 Å². The lowest BCUT2D eigenvalue weighted by atomic mass is 10.0. The number of nitrogens with one attached hydrogen (secondary N) is 1. The Balaban J connectivity index is 2.06. The molecule has 1 atom stereocenters. The van der Waals surface area contributed by atoms with Crippen molar-refractivity contribution in [1.29, 1.82) is 0 Å². The topological polar surface area (TPSA) is 21.3 Å². The molecule has 0 saturated heterocycles. The Morgan fingerprint density at radius 1 is 1.26 bits per heavy atom. The van der Waals surface area contributed by atoms with Gasteiger partial charge in [-0.3, -0.25) is 0 Å². The van der Waals surface area contributed by atoms with E-state index in [1.54, 1.807) is 0 Å². The monoisotopic (exact) mass is 263 g/mol. The van der Waals surface area contributed by atoms with Gasteiger partial charge >= 0.3 is 0 Å². The van der Waals surface area contributed by atoms with Crippen LogP contribution in [-0.4, -0.2) is 25.8 Å². The third kappa shape index (κ3) is 8.02. The second-order valence-electron chi connectivity index (χ2n) is 5.35. The molecule has 2 heteroatoms. The second kappa shape index (κ2) is 9.99. The van der Waals surface area contributed by atoms with Crippen molar-refractivity contribution in [1.82, 2.24) is 5.32 Å². The molecule has 0 aliphatic rings. The quantitative estimate of drug-likeness (QED) is 0.650. The van der Waals surface area contributed by atoms with Gasteiger partial charge < -0.3 is 10.1 Å². The molecule has 19 heavy (non-hydrogen) atoms. The number of hydrogen-bond acceptors (Lipinski definition) is 2. The van der Waals surface area contributed by atoms with Crippen molar-refractivity contribution >= 4 is 0 Å². The zero-order chi connectivity index (χ0) is 13.9. The zero-order valence-electron chi connectivity index (χ0n) is 12.7.